The van der Waals surface area contributed by atoms with Gasteiger partial charge in [-0.05, 0) is 55.2 Å². The van der Waals surface area contributed by atoms with Crippen LogP contribution in [0.2, 0.25) is 10.0 Å². The van der Waals surface area contributed by atoms with Gasteiger partial charge in [0.15, 0.2) is 0 Å². The Morgan fingerprint density at radius 3 is 2.53 bits per heavy atom. The summed E-state index contributed by atoms with van der Waals surface area (Å²) in [5.74, 6) is -1.00. The van der Waals surface area contributed by atoms with Crippen molar-refractivity contribution in [2.24, 2.45) is 5.92 Å². The van der Waals surface area contributed by atoms with E-state index in [1.165, 1.54) is 11.8 Å². The molecule has 0 atom stereocenters. The Labute approximate surface area is 214 Å². The Hall–Kier alpha value is -2.41. The minimum atomic E-state index is -0.707. The maximum absolute atomic E-state index is 12.4. The summed E-state index contributed by atoms with van der Waals surface area (Å²) >= 11 is 14.7. The van der Waals surface area contributed by atoms with Gasteiger partial charge in [-0.25, -0.2) is 0 Å². The minimum Gasteiger partial charge on any atom is -0.481 e. The number of carboxylic acid groups (broad SMARTS) is 1. The number of hydrogen-bond donors (Lipinski definition) is 1. The number of nitrogens with zero attached hydrogens (tertiary/aromatic N) is 2. The molecule has 1 saturated heterocycles. The number of piperidine rings is 1. The number of rotatable bonds is 6. The van der Waals surface area contributed by atoms with E-state index < -0.39 is 5.97 Å². The van der Waals surface area contributed by atoms with Gasteiger partial charge < -0.3 is 14.9 Å². The van der Waals surface area contributed by atoms with E-state index in [2.05, 4.69) is 17.0 Å². The van der Waals surface area contributed by atoms with E-state index in [0.29, 0.717) is 35.0 Å². The fraction of sp³-hybridized carbons (Fsp3) is 0.308. The van der Waals surface area contributed by atoms with Crippen molar-refractivity contribution in [2.45, 2.75) is 29.1 Å². The lowest BCUT2D eigenvalue weighted by Crippen LogP contribution is -2.36. The third-order valence-corrected chi connectivity index (χ3v) is 8.17. The second-order valence-corrected chi connectivity index (χ2v) is 10.2. The summed E-state index contributed by atoms with van der Waals surface area (Å²) in [5.41, 5.74) is 1.77. The summed E-state index contributed by atoms with van der Waals surface area (Å²) in [6.07, 6.45) is 9.51. The van der Waals surface area contributed by atoms with Crippen LogP contribution in [-0.4, -0.2) is 48.1 Å². The van der Waals surface area contributed by atoms with E-state index in [4.69, 9.17) is 23.2 Å². The normalized spacial score (nSPS) is 16.9. The Bertz CT molecular complexity index is 1130. The molecule has 0 radical (unpaired) electrons. The van der Waals surface area contributed by atoms with Crippen LogP contribution in [0.25, 0.3) is 6.08 Å². The Balaban J connectivity index is 1.43. The van der Waals surface area contributed by atoms with Gasteiger partial charge in [0.1, 0.15) is 0 Å². The third-order valence-electron chi connectivity index (χ3n) is 6.11. The molecular weight excluding hydrogens is 491 g/mol. The first kappa shape index (κ1) is 24.7. The third kappa shape index (κ3) is 5.98. The zero-order chi connectivity index (χ0) is 24.1. The summed E-state index contributed by atoms with van der Waals surface area (Å²) in [7, 11) is 0. The smallest absolute Gasteiger partial charge is 0.306 e. The SMILES string of the molecule is O=C(O)C1CCN(c2cccc(Sc3ccc(C=CC(=O)N4CC=CCC4)c(Cl)c3Cl)c2)CC1. The van der Waals surface area contributed by atoms with Crippen LogP contribution in [0.4, 0.5) is 5.69 Å². The zero-order valence-corrected chi connectivity index (χ0v) is 21.0. The number of hydrogen-bond acceptors (Lipinski definition) is 4. The van der Waals surface area contributed by atoms with Crippen molar-refractivity contribution in [1.29, 1.82) is 0 Å². The molecule has 2 aromatic rings. The maximum atomic E-state index is 12.4. The van der Waals surface area contributed by atoms with Crippen LogP contribution in [0, 0.1) is 5.92 Å². The minimum absolute atomic E-state index is 0.0424. The van der Waals surface area contributed by atoms with E-state index in [1.807, 2.05) is 36.4 Å². The topological polar surface area (TPSA) is 60.9 Å². The van der Waals surface area contributed by atoms with E-state index in [-0.39, 0.29) is 11.8 Å². The van der Waals surface area contributed by atoms with Crippen molar-refractivity contribution >= 4 is 58.6 Å². The van der Waals surface area contributed by atoms with Crippen molar-refractivity contribution in [2.75, 3.05) is 31.1 Å². The predicted octanol–water partition coefficient (Wildman–Crippen LogP) is 6.25. The number of carboxylic acids is 1. The molecule has 2 aliphatic heterocycles. The summed E-state index contributed by atoms with van der Waals surface area (Å²) in [6.45, 7) is 2.81. The summed E-state index contributed by atoms with van der Waals surface area (Å²) < 4.78 is 0. The average Bonchev–Trinajstić information content (AvgIpc) is 2.87. The van der Waals surface area contributed by atoms with Crippen molar-refractivity contribution in [3.05, 3.63) is 70.2 Å². The van der Waals surface area contributed by atoms with Gasteiger partial charge in [0.25, 0.3) is 0 Å². The molecule has 5 nitrogen and oxygen atoms in total. The highest BCUT2D eigenvalue weighted by molar-refractivity contribution is 7.99. The summed E-state index contributed by atoms with van der Waals surface area (Å²) in [6, 6.07) is 11.9. The fourth-order valence-corrected chi connectivity index (χ4v) is 5.60. The molecule has 0 unspecified atom stereocenters. The number of carbonyl (C=O) groups is 2. The molecule has 0 saturated carbocycles. The van der Waals surface area contributed by atoms with Gasteiger partial charge in [-0.15, -0.1) is 0 Å². The van der Waals surface area contributed by atoms with Crippen molar-refractivity contribution in [1.82, 2.24) is 4.90 Å². The quantitative estimate of drug-likeness (QED) is 0.363. The second kappa shape index (κ2) is 11.3. The number of carbonyl (C=O) groups excluding carboxylic acids is 1. The van der Waals surface area contributed by atoms with E-state index in [0.717, 1.165) is 41.5 Å². The number of amides is 1. The van der Waals surface area contributed by atoms with E-state index >= 15 is 0 Å². The van der Waals surface area contributed by atoms with Gasteiger partial charge in [0.05, 0.1) is 16.0 Å². The highest BCUT2D eigenvalue weighted by atomic mass is 35.5. The van der Waals surface area contributed by atoms with Crippen LogP contribution >= 0.6 is 35.0 Å². The Morgan fingerprint density at radius 2 is 1.82 bits per heavy atom. The van der Waals surface area contributed by atoms with Gasteiger partial charge in [-0.2, -0.15) is 0 Å². The summed E-state index contributed by atoms with van der Waals surface area (Å²) in [4.78, 5) is 29.5. The van der Waals surface area contributed by atoms with Crippen LogP contribution in [0.1, 0.15) is 24.8 Å². The molecule has 2 aliphatic rings. The Kier molecular flexibility index (Phi) is 8.24. The molecule has 4 rings (SSSR count). The van der Waals surface area contributed by atoms with Gasteiger partial charge in [-0.1, -0.05) is 59.2 Å². The van der Waals surface area contributed by atoms with Crippen molar-refractivity contribution in [3.63, 3.8) is 0 Å². The van der Waals surface area contributed by atoms with Crippen LogP contribution in [-0.2, 0) is 9.59 Å². The molecule has 1 amide bonds. The van der Waals surface area contributed by atoms with Crippen molar-refractivity contribution < 1.29 is 14.7 Å². The molecule has 1 fully saturated rings. The molecule has 1 N–H and O–H groups in total. The molecule has 8 heteroatoms. The second-order valence-electron chi connectivity index (χ2n) is 8.36. The molecule has 0 aromatic heterocycles. The molecule has 34 heavy (non-hydrogen) atoms. The highest BCUT2D eigenvalue weighted by Gasteiger charge is 2.24. The molecule has 0 aliphatic carbocycles. The first-order chi connectivity index (χ1) is 16.4. The lowest BCUT2D eigenvalue weighted by Gasteiger charge is -2.32. The molecule has 178 valence electrons. The number of halogens is 2. The molecule has 2 aromatic carbocycles. The van der Waals surface area contributed by atoms with Gasteiger partial charge in [-0.3, -0.25) is 9.59 Å². The molecular formula is C26H26Cl2N2O3S. The number of anilines is 1. The maximum Gasteiger partial charge on any atom is 0.306 e. The van der Waals surface area contributed by atoms with Gasteiger partial charge >= 0.3 is 5.97 Å². The largest absolute Gasteiger partial charge is 0.481 e. The zero-order valence-electron chi connectivity index (χ0n) is 18.6. The van der Waals surface area contributed by atoms with E-state index in [1.54, 1.807) is 17.1 Å². The van der Waals surface area contributed by atoms with Crippen LogP contribution in [0.3, 0.4) is 0 Å². The van der Waals surface area contributed by atoms with Gasteiger partial charge in [0, 0.05) is 47.7 Å². The van der Waals surface area contributed by atoms with Crippen molar-refractivity contribution in [3.8, 4) is 0 Å². The monoisotopic (exact) mass is 516 g/mol. The first-order valence-corrected chi connectivity index (χ1v) is 12.9. The summed E-state index contributed by atoms with van der Waals surface area (Å²) in [5, 5.41) is 10.1. The molecule has 0 spiro atoms. The number of benzene rings is 2. The average molecular weight is 517 g/mol. The van der Waals surface area contributed by atoms with Crippen LogP contribution < -0.4 is 4.90 Å². The predicted molar refractivity (Wildman–Crippen MR) is 139 cm³/mol. The van der Waals surface area contributed by atoms with E-state index in [9.17, 15) is 14.7 Å². The fourth-order valence-electron chi connectivity index (χ4n) is 4.12. The first-order valence-electron chi connectivity index (χ1n) is 11.3. The lowest BCUT2D eigenvalue weighted by molar-refractivity contribution is -0.142. The standard InChI is InChI=1S/C26H26Cl2N2O3S/c27-24-18(8-10-23(31)30-13-2-1-3-14-30)7-9-22(25(24)28)34-21-6-4-5-20(17-21)29-15-11-19(12-16-29)26(32)33/h1-2,4-10,17,19H,3,11-16H2,(H,32,33). The molecule has 2 heterocycles. The van der Waals surface area contributed by atoms with Crippen LogP contribution in [0.5, 0.6) is 0 Å². The molecule has 0 bridgehead atoms. The highest BCUT2D eigenvalue weighted by Crippen LogP contribution is 2.40. The van der Waals surface area contributed by atoms with Gasteiger partial charge in [0.2, 0.25) is 5.91 Å². The van der Waals surface area contributed by atoms with Crippen LogP contribution in [0.15, 0.2) is 64.4 Å². The number of aliphatic carboxylic acids is 1. The Morgan fingerprint density at radius 1 is 1.03 bits per heavy atom. The lowest BCUT2D eigenvalue weighted by atomic mass is 9.97.